The van der Waals surface area contributed by atoms with Gasteiger partial charge in [0.1, 0.15) is 5.82 Å². The Morgan fingerprint density at radius 2 is 2.18 bits per heavy atom. The van der Waals surface area contributed by atoms with Gasteiger partial charge in [-0.25, -0.2) is 4.39 Å². The first-order valence-corrected chi connectivity index (χ1v) is 6.26. The molecule has 3 heteroatoms. The van der Waals surface area contributed by atoms with E-state index in [2.05, 4.69) is 16.8 Å². The summed E-state index contributed by atoms with van der Waals surface area (Å²) in [5, 5.41) is 1.11. The molecule has 1 saturated carbocycles. The van der Waals surface area contributed by atoms with Gasteiger partial charge in [0.2, 0.25) is 0 Å². The summed E-state index contributed by atoms with van der Waals surface area (Å²) in [5.74, 6) is 0.369. The van der Waals surface area contributed by atoms with Crippen LogP contribution in [0.5, 0.6) is 0 Å². The standard InChI is InChI=1S/C14H17FN2/c15-12-5-4-10-6-7-17(14(10)8-12)13-3-1-2-11(13)9-16/h4-8,11,13H,1-3,9,16H2. The number of aromatic nitrogens is 1. The Kier molecular flexibility index (Phi) is 2.63. The van der Waals surface area contributed by atoms with Gasteiger partial charge in [-0.05, 0) is 55.0 Å². The minimum atomic E-state index is -0.167. The predicted molar refractivity (Wildman–Crippen MR) is 67.3 cm³/mol. The summed E-state index contributed by atoms with van der Waals surface area (Å²) in [5.41, 5.74) is 6.81. The second-order valence-electron chi connectivity index (χ2n) is 4.92. The molecule has 1 aromatic heterocycles. The van der Waals surface area contributed by atoms with Gasteiger partial charge in [0, 0.05) is 12.2 Å². The maximum atomic E-state index is 13.3. The van der Waals surface area contributed by atoms with Crippen molar-refractivity contribution < 1.29 is 4.39 Å². The molecule has 17 heavy (non-hydrogen) atoms. The van der Waals surface area contributed by atoms with Crippen molar-refractivity contribution in [3.8, 4) is 0 Å². The van der Waals surface area contributed by atoms with Gasteiger partial charge >= 0.3 is 0 Å². The Morgan fingerprint density at radius 3 is 3.00 bits per heavy atom. The van der Waals surface area contributed by atoms with Gasteiger partial charge in [0.05, 0.1) is 5.52 Å². The first-order valence-electron chi connectivity index (χ1n) is 6.26. The maximum Gasteiger partial charge on any atom is 0.125 e. The number of hydrogen-bond donors (Lipinski definition) is 1. The van der Waals surface area contributed by atoms with E-state index in [1.54, 1.807) is 6.07 Å². The van der Waals surface area contributed by atoms with Crippen LogP contribution in [0.3, 0.4) is 0 Å². The summed E-state index contributed by atoms with van der Waals surface area (Å²) in [6, 6.07) is 7.48. The van der Waals surface area contributed by atoms with Gasteiger partial charge in [-0.15, -0.1) is 0 Å². The Bertz CT molecular complexity index is 532. The van der Waals surface area contributed by atoms with E-state index in [4.69, 9.17) is 5.73 Å². The molecule has 2 atom stereocenters. The number of nitrogens with zero attached hydrogens (tertiary/aromatic N) is 1. The molecular weight excluding hydrogens is 215 g/mol. The highest BCUT2D eigenvalue weighted by Gasteiger charge is 2.27. The highest BCUT2D eigenvalue weighted by molar-refractivity contribution is 5.80. The third-order valence-electron chi connectivity index (χ3n) is 3.96. The van der Waals surface area contributed by atoms with Gasteiger partial charge in [0.15, 0.2) is 0 Å². The van der Waals surface area contributed by atoms with Gasteiger partial charge < -0.3 is 10.3 Å². The average molecular weight is 232 g/mol. The number of nitrogens with two attached hydrogens (primary N) is 1. The molecule has 0 bridgehead atoms. The van der Waals surface area contributed by atoms with Gasteiger partial charge in [0.25, 0.3) is 0 Å². The monoisotopic (exact) mass is 232 g/mol. The molecule has 90 valence electrons. The van der Waals surface area contributed by atoms with Crippen molar-refractivity contribution in [2.45, 2.75) is 25.3 Å². The fourth-order valence-corrected chi connectivity index (χ4v) is 3.07. The summed E-state index contributed by atoms with van der Waals surface area (Å²) in [6.07, 6.45) is 5.64. The van der Waals surface area contributed by atoms with E-state index in [0.29, 0.717) is 12.0 Å². The lowest BCUT2D eigenvalue weighted by Gasteiger charge is -2.21. The zero-order valence-electron chi connectivity index (χ0n) is 9.77. The molecule has 2 aromatic rings. The normalized spacial score (nSPS) is 24.6. The van der Waals surface area contributed by atoms with Gasteiger partial charge in [-0.3, -0.25) is 0 Å². The van der Waals surface area contributed by atoms with Crippen LogP contribution in [-0.2, 0) is 0 Å². The second-order valence-corrected chi connectivity index (χ2v) is 4.92. The molecule has 0 aliphatic heterocycles. The first kappa shape index (κ1) is 10.8. The van der Waals surface area contributed by atoms with Crippen molar-refractivity contribution in [1.82, 2.24) is 4.57 Å². The van der Waals surface area contributed by atoms with E-state index < -0.39 is 0 Å². The molecule has 0 amide bonds. The van der Waals surface area contributed by atoms with Crippen LogP contribution < -0.4 is 5.73 Å². The Hall–Kier alpha value is -1.35. The zero-order chi connectivity index (χ0) is 11.8. The predicted octanol–water partition coefficient (Wildman–Crippen LogP) is 3.08. The van der Waals surface area contributed by atoms with E-state index in [-0.39, 0.29) is 5.82 Å². The summed E-state index contributed by atoms with van der Waals surface area (Å²) in [7, 11) is 0. The lowest BCUT2D eigenvalue weighted by molar-refractivity contribution is 0.396. The van der Waals surface area contributed by atoms with E-state index >= 15 is 0 Å². The van der Waals surface area contributed by atoms with Crippen LogP contribution >= 0.6 is 0 Å². The lowest BCUT2D eigenvalue weighted by Crippen LogP contribution is -2.21. The van der Waals surface area contributed by atoms with Crippen molar-refractivity contribution in [1.29, 1.82) is 0 Å². The number of benzene rings is 1. The highest BCUT2D eigenvalue weighted by atomic mass is 19.1. The molecule has 3 rings (SSSR count). The minimum Gasteiger partial charge on any atom is -0.344 e. The largest absolute Gasteiger partial charge is 0.344 e. The van der Waals surface area contributed by atoms with Crippen LogP contribution in [-0.4, -0.2) is 11.1 Å². The van der Waals surface area contributed by atoms with Crippen LogP contribution in [0, 0.1) is 11.7 Å². The molecule has 0 radical (unpaired) electrons. The van der Waals surface area contributed by atoms with Crippen molar-refractivity contribution in [2.24, 2.45) is 11.7 Å². The third-order valence-corrected chi connectivity index (χ3v) is 3.96. The highest BCUT2D eigenvalue weighted by Crippen LogP contribution is 2.37. The molecule has 2 N–H and O–H groups in total. The molecule has 1 aliphatic carbocycles. The minimum absolute atomic E-state index is 0.167. The molecule has 1 aromatic carbocycles. The van der Waals surface area contributed by atoms with Crippen LogP contribution in [0.15, 0.2) is 30.5 Å². The van der Waals surface area contributed by atoms with Crippen molar-refractivity contribution >= 4 is 10.9 Å². The van der Waals surface area contributed by atoms with E-state index in [0.717, 1.165) is 23.9 Å². The van der Waals surface area contributed by atoms with Crippen molar-refractivity contribution in [3.63, 3.8) is 0 Å². The van der Waals surface area contributed by atoms with E-state index in [9.17, 15) is 4.39 Å². The fourth-order valence-electron chi connectivity index (χ4n) is 3.07. The van der Waals surface area contributed by atoms with Crippen LogP contribution in [0.2, 0.25) is 0 Å². The van der Waals surface area contributed by atoms with Crippen molar-refractivity contribution in [3.05, 3.63) is 36.3 Å². The Balaban J connectivity index is 2.07. The second kappa shape index (κ2) is 4.15. The molecule has 1 aliphatic rings. The summed E-state index contributed by atoms with van der Waals surface area (Å²) >= 11 is 0. The smallest absolute Gasteiger partial charge is 0.125 e. The third kappa shape index (κ3) is 1.75. The summed E-state index contributed by atoms with van der Waals surface area (Å²) < 4.78 is 15.5. The quantitative estimate of drug-likeness (QED) is 0.847. The van der Waals surface area contributed by atoms with Gasteiger partial charge in [-0.1, -0.05) is 6.42 Å². The number of halogens is 1. The zero-order valence-corrected chi connectivity index (χ0v) is 9.77. The molecule has 2 unspecified atom stereocenters. The molecule has 0 saturated heterocycles. The topological polar surface area (TPSA) is 30.9 Å². The summed E-state index contributed by atoms with van der Waals surface area (Å²) in [4.78, 5) is 0. The maximum absolute atomic E-state index is 13.3. The Labute approximate surface area is 100 Å². The molecule has 0 spiro atoms. The van der Waals surface area contributed by atoms with E-state index in [1.165, 1.54) is 18.9 Å². The first-order chi connectivity index (χ1) is 8.29. The van der Waals surface area contributed by atoms with Crippen molar-refractivity contribution in [2.75, 3.05) is 6.54 Å². The van der Waals surface area contributed by atoms with E-state index in [1.807, 2.05) is 6.07 Å². The molecule has 1 fully saturated rings. The lowest BCUT2D eigenvalue weighted by atomic mass is 10.0. The number of fused-ring (bicyclic) bond motifs is 1. The Morgan fingerprint density at radius 1 is 1.29 bits per heavy atom. The summed E-state index contributed by atoms with van der Waals surface area (Å²) in [6.45, 7) is 0.722. The van der Waals surface area contributed by atoms with Crippen LogP contribution in [0.4, 0.5) is 4.39 Å². The molecule has 1 heterocycles. The average Bonchev–Trinajstić information content (AvgIpc) is 2.93. The number of rotatable bonds is 2. The SMILES string of the molecule is NCC1CCCC1n1ccc2ccc(F)cc21. The van der Waals surface area contributed by atoms with Gasteiger partial charge in [-0.2, -0.15) is 0 Å². The molecular formula is C14H17FN2. The van der Waals surface area contributed by atoms with Crippen LogP contribution in [0.25, 0.3) is 10.9 Å². The fraction of sp³-hybridized carbons (Fsp3) is 0.429. The number of hydrogen-bond acceptors (Lipinski definition) is 1. The molecule has 2 nitrogen and oxygen atoms in total. The van der Waals surface area contributed by atoms with Crippen LogP contribution in [0.1, 0.15) is 25.3 Å².